The first-order chi connectivity index (χ1) is 14.0. The number of aliphatic carboxylic acids is 1. The van der Waals surface area contributed by atoms with Gasteiger partial charge in [0.15, 0.2) is 0 Å². The molecule has 10 heteroatoms. The summed E-state index contributed by atoms with van der Waals surface area (Å²) in [7, 11) is 0. The van der Waals surface area contributed by atoms with Gasteiger partial charge in [-0.05, 0) is 64.3 Å². The van der Waals surface area contributed by atoms with E-state index in [9.17, 15) is 19.5 Å². The number of carbonyl (C=O) groups excluding carboxylic acids is 2. The van der Waals surface area contributed by atoms with Gasteiger partial charge in [-0.2, -0.15) is 0 Å². The van der Waals surface area contributed by atoms with Gasteiger partial charge < -0.3 is 25.5 Å². The molecule has 0 radical (unpaired) electrons. The third-order valence-corrected chi connectivity index (χ3v) is 5.28. The SMILES string of the molecule is CC(C)(C)OC(=O)NC1CC(C(=O)O)CCC1NC(=O)c1cc2cc(Cl)ccc2[nH]1.[NaH]. The van der Waals surface area contributed by atoms with Gasteiger partial charge in [-0.1, -0.05) is 11.6 Å². The first-order valence-corrected chi connectivity index (χ1v) is 10.2. The fourth-order valence-corrected chi connectivity index (χ4v) is 3.84. The van der Waals surface area contributed by atoms with Gasteiger partial charge in [0.2, 0.25) is 0 Å². The van der Waals surface area contributed by atoms with Gasteiger partial charge in [-0.25, -0.2) is 4.79 Å². The molecular formula is C21H27ClN3NaO5. The summed E-state index contributed by atoms with van der Waals surface area (Å²) in [6.07, 6.45) is 0.407. The van der Waals surface area contributed by atoms with Crippen molar-refractivity contribution in [2.45, 2.75) is 57.7 Å². The van der Waals surface area contributed by atoms with Crippen LogP contribution in [0.4, 0.5) is 4.79 Å². The zero-order valence-corrected chi connectivity index (χ0v) is 17.9. The summed E-state index contributed by atoms with van der Waals surface area (Å²) < 4.78 is 5.30. The molecule has 0 saturated heterocycles. The molecule has 0 aliphatic heterocycles. The van der Waals surface area contributed by atoms with E-state index < -0.39 is 35.7 Å². The summed E-state index contributed by atoms with van der Waals surface area (Å²) in [5, 5.41) is 16.4. The number of amides is 2. The van der Waals surface area contributed by atoms with E-state index in [1.807, 2.05) is 0 Å². The number of hydrogen-bond acceptors (Lipinski definition) is 4. The number of H-pyrrole nitrogens is 1. The Morgan fingerprint density at radius 1 is 1.13 bits per heavy atom. The van der Waals surface area contributed by atoms with Crippen molar-refractivity contribution in [2.24, 2.45) is 5.92 Å². The number of halogens is 1. The number of carbonyl (C=O) groups is 3. The third kappa shape index (κ3) is 6.87. The van der Waals surface area contributed by atoms with Gasteiger partial charge in [0.05, 0.1) is 12.0 Å². The number of ether oxygens (including phenoxy) is 1. The number of carboxylic acids is 1. The van der Waals surface area contributed by atoms with Crippen LogP contribution in [0.3, 0.4) is 0 Å². The minimum atomic E-state index is -0.914. The number of benzene rings is 1. The fourth-order valence-electron chi connectivity index (χ4n) is 3.66. The van der Waals surface area contributed by atoms with Crippen LogP contribution in [0.2, 0.25) is 5.02 Å². The van der Waals surface area contributed by atoms with E-state index >= 15 is 0 Å². The molecule has 1 heterocycles. The van der Waals surface area contributed by atoms with Crippen LogP contribution in [0, 0.1) is 5.92 Å². The normalized spacial score (nSPS) is 21.1. The van der Waals surface area contributed by atoms with Gasteiger partial charge >= 0.3 is 41.6 Å². The molecule has 1 aromatic carbocycles. The first kappa shape index (κ1) is 25.5. The molecule has 4 N–H and O–H groups in total. The molecule has 8 nitrogen and oxygen atoms in total. The Hall–Kier alpha value is -1.74. The predicted molar refractivity (Wildman–Crippen MR) is 120 cm³/mol. The second-order valence-electron chi connectivity index (χ2n) is 8.60. The molecule has 1 saturated carbocycles. The van der Waals surface area contributed by atoms with Crippen molar-refractivity contribution >= 4 is 70.0 Å². The van der Waals surface area contributed by atoms with E-state index in [2.05, 4.69) is 15.6 Å². The molecule has 1 aliphatic carbocycles. The first-order valence-electron chi connectivity index (χ1n) is 9.83. The Bertz CT molecular complexity index is 972. The predicted octanol–water partition coefficient (Wildman–Crippen LogP) is 3.05. The van der Waals surface area contributed by atoms with Crippen molar-refractivity contribution in [1.82, 2.24) is 15.6 Å². The molecule has 2 aromatic rings. The Labute approximate surface area is 207 Å². The van der Waals surface area contributed by atoms with Gasteiger partial charge in [0.25, 0.3) is 5.91 Å². The number of hydrogen-bond donors (Lipinski definition) is 4. The molecule has 164 valence electrons. The number of fused-ring (bicyclic) bond motifs is 1. The number of alkyl carbamates (subject to hydrolysis) is 1. The number of nitrogens with one attached hydrogen (secondary N) is 3. The monoisotopic (exact) mass is 459 g/mol. The molecule has 2 amide bonds. The van der Waals surface area contributed by atoms with Crippen molar-refractivity contribution in [1.29, 1.82) is 0 Å². The Morgan fingerprint density at radius 3 is 2.48 bits per heavy atom. The fraction of sp³-hybridized carbons (Fsp3) is 0.476. The van der Waals surface area contributed by atoms with Crippen molar-refractivity contribution in [3.63, 3.8) is 0 Å². The molecule has 3 rings (SSSR count). The van der Waals surface area contributed by atoms with E-state index in [1.54, 1.807) is 45.0 Å². The Kier molecular flexibility index (Phi) is 8.44. The summed E-state index contributed by atoms with van der Waals surface area (Å²) in [6.45, 7) is 5.23. The average Bonchev–Trinajstić information content (AvgIpc) is 3.04. The van der Waals surface area contributed by atoms with Crippen molar-refractivity contribution in [3.05, 3.63) is 35.0 Å². The average molecular weight is 460 g/mol. The van der Waals surface area contributed by atoms with Crippen molar-refractivity contribution in [2.75, 3.05) is 0 Å². The molecule has 0 bridgehead atoms. The third-order valence-electron chi connectivity index (χ3n) is 5.05. The summed E-state index contributed by atoms with van der Waals surface area (Å²) in [5.74, 6) is -1.84. The summed E-state index contributed by atoms with van der Waals surface area (Å²) >= 11 is 6.00. The van der Waals surface area contributed by atoms with Gasteiger partial charge in [0, 0.05) is 22.0 Å². The Morgan fingerprint density at radius 2 is 1.84 bits per heavy atom. The summed E-state index contributed by atoms with van der Waals surface area (Å²) in [5.41, 5.74) is 0.459. The zero-order chi connectivity index (χ0) is 22.1. The number of aromatic amines is 1. The number of rotatable bonds is 4. The Balaban J connectivity index is 0.00000341. The maximum absolute atomic E-state index is 12.8. The quantitative estimate of drug-likeness (QED) is 0.524. The molecule has 1 aliphatic rings. The molecule has 3 unspecified atom stereocenters. The van der Waals surface area contributed by atoms with E-state index in [-0.39, 0.29) is 41.9 Å². The van der Waals surface area contributed by atoms with Crippen LogP contribution in [0.15, 0.2) is 24.3 Å². The van der Waals surface area contributed by atoms with Crippen LogP contribution >= 0.6 is 11.6 Å². The van der Waals surface area contributed by atoms with Crippen molar-refractivity contribution in [3.8, 4) is 0 Å². The summed E-state index contributed by atoms with van der Waals surface area (Å²) in [4.78, 5) is 39.5. The molecule has 3 atom stereocenters. The van der Waals surface area contributed by atoms with Crippen LogP contribution < -0.4 is 10.6 Å². The molecule has 31 heavy (non-hydrogen) atoms. The standard InChI is InChI=1S/C21H26ClN3O5.Na.H/c1-21(2,3)30-20(29)25-16-9-11(19(27)28)4-6-15(16)24-18(26)17-10-12-8-13(22)5-7-14(12)23-17;;/h5,7-8,10-11,15-16,23H,4,6,9H2,1-3H3,(H,24,26)(H,25,29)(H,27,28);;. The molecular weight excluding hydrogens is 433 g/mol. The minimum absolute atomic E-state index is 0. The van der Waals surface area contributed by atoms with E-state index in [4.69, 9.17) is 16.3 Å². The van der Waals surface area contributed by atoms with Crippen LogP contribution in [-0.4, -0.2) is 75.3 Å². The maximum atomic E-state index is 12.8. The summed E-state index contributed by atoms with van der Waals surface area (Å²) in [6, 6.07) is 6.01. The van der Waals surface area contributed by atoms with Crippen LogP contribution in [0.25, 0.3) is 10.9 Å². The van der Waals surface area contributed by atoms with E-state index in [0.717, 1.165) is 10.9 Å². The van der Waals surface area contributed by atoms with E-state index in [0.29, 0.717) is 23.6 Å². The van der Waals surface area contributed by atoms with Crippen LogP contribution in [0.5, 0.6) is 0 Å². The van der Waals surface area contributed by atoms with Crippen LogP contribution in [-0.2, 0) is 9.53 Å². The topological polar surface area (TPSA) is 121 Å². The number of carboxylic acid groups (broad SMARTS) is 1. The second kappa shape index (κ2) is 10.3. The molecule has 0 spiro atoms. The van der Waals surface area contributed by atoms with Crippen LogP contribution in [0.1, 0.15) is 50.5 Å². The van der Waals surface area contributed by atoms with Crippen molar-refractivity contribution < 1.29 is 24.2 Å². The molecule has 1 fully saturated rings. The van der Waals surface area contributed by atoms with Gasteiger partial charge in [-0.3, -0.25) is 9.59 Å². The van der Waals surface area contributed by atoms with E-state index in [1.165, 1.54) is 0 Å². The second-order valence-corrected chi connectivity index (χ2v) is 9.03. The van der Waals surface area contributed by atoms with Gasteiger partial charge in [-0.15, -0.1) is 0 Å². The zero-order valence-electron chi connectivity index (χ0n) is 17.1. The van der Waals surface area contributed by atoms with Gasteiger partial charge in [0.1, 0.15) is 11.3 Å². The molecule has 1 aromatic heterocycles. The number of aromatic nitrogens is 1.